The minimum Gasteiger partial charge on any atom is -0.399 e. The summed E-state index contributed by atoms with van der Waals surface area (Å²) in [4.78, 5) is 75.5. The lowest BCUT2D eigenvalue weighted by atomic mass is 9.77. The van der Waals surface area contributed by atoms with Gasteiger partial charge in [0.1, 0.15) is 32.7 Å². The van der Waals surface area contributed by atoms with Crippen molar-refractivity contribution in [2.24, 2.45) is 0 Å². The van der Waals surface area contributed by atoms with Crippen molar-refractivity contribution in [3.05, 3.63) is 412 Å². The second-order valence-corrected chi connectivity index (χ2v) is 33.4. The van der Waals surface area contributed by atoms with Crippen molar-refractivity contribution in [3.63, 3.8) is 0 Å². The molecule has 1 fully saturated rings. The van der Waals surface area contributed by atoms with E-state index >= 15 is 0 Å². The van der Waals surface area contributed by atoms with Crippen LogP contribution in [-0.4, -0.2) is 89.5 Å². The number of anilines is 4. The Bertz CT molecular complexity index is 7250. The van der Waals surface area contributed by atoms with Crippen LogP contribution in [-0.2, 0) is 34.0 Å². The first kappa shape index (κ1) is 99.7. The third-order valence-corrected chi connectivity index (χ3v) is 22.9. The van der Waals surface area contributed by atoms with Crippen LogP contribution in [0.3, 0.4) is 0 Å². The van der Waals surface area contributed by atoms with E-state index in [0.29, 0.717) is 66.9 Å². The molecule has 11 heterocycles. The van der Waals surface area contributed by atoms with Gasteiger partial charge in [0.05, 0.1) is 122 Å². The van der Waals surface area contributed by atoms with Crippen LogP contribution in [0.15, 0.2) is 340 Å². The summed E-state index contributed by atoms with van der Waals surface area (Å²) < 4.78 is 236. The van der Waals surface area contributed by atoms with Crippen molar-refractivity contribution in [3.8, 4) is 44.9 Å². The van der Waals surface area contributed by atoms with Gasteiger partial charge in [-0.15, -0.1) is 0 Å². The van der Waals surface area contributed by atoms with Gasteiger partial charge in [-0.1, -0.05) is 54.6 Å². The van der Waals surface area contributed by atoms with Crippen molar-refractivity contribution in [2.75, 3.05) is 21.3 Å². The van der Waals surface area contributed by atoms with Gasteiger partial charge in [0.2, 0.25) is 0 Å². The fourth-order valence-electron chi connectivity index (χ4n) is 14.1. The monoisotopic (exact) mass is 2080 g/mol. The van der Waals surface area contributed by atoms with Crippen LogP contribution >= 0.6 is 38.5 Å². The van der Waals surface area contributed by atoms with Crippen molar-refractivity contribution in [1.29, 1.82) is 0 Å². The molecule has 1 aliphatic rings. The maximum absolute atomic E-state index is 13.7. The Labute approximate surface area is 802 Å². The molecule has 39 heteroatoms. The van der Waals surface area contributed by atoms with Gasteiger partial charge in [0.15, 0.2) is 5.82 Å². The molecule has 19 rings (SSSR count). The maximum Gasteiger partial charge on any atom is 0.494 e. The quantitative estimate of drug-likeness (QED) is 0.0366. The van der Waals surface area contributed by atoms with Gasteiger partial charge >= 0.3 is 31.8 Å². The minimum absolute atomic E-state index is 0.172. The molecule has 1 saturated heterocycles. The molecule has 0 atom stereocenters. The Morgan fingerprint density at radius 2 is 0.691 bits per heavy atom. The number of nitrogens with one attached hydrogen (secondary N) is 4. The number of carbonyl (C=O) groups is 4. The number of alkyl halides is 12. The highest BCUT2D eigenvalue weighted by Gasteiger charge is 2.52. The van der Waals surface area contributed by atoms with E-state index < -0.39 is 134 Å². The number of nitrogens with zero attached hydrogens (tertiary/aromatic N) is 10. The highest BCUT2D eigenvalue weighted by molar-refractivity contribution is 14.1. The molecule has 4 N–H and O–H groups in total. The zero-order chi connectivity index (χ0) is 99.5. The number of halogens is 18. The Morgan fingerprint density at radius 3 is 1.03 bits per heavy atom. The van der Waals surface area contributed by atoms with E-state index in [1.165, 1.54) is 91.0 Å². The molecule has 0 bridgehead atoms. The SMILES string of the molecule is Brc1cccn2cncc12.CC1(C)OB(c2ccc(C(F)(F)F)c(C(=O)Nc3ccc(F)cc3)c2)OC1(C)C.Ic1ccccn1.O=C(Nc1ccc(F)cc1)c1cc(-c2cccn3c(-c4ccccn4)ncc23)ccc1C(F)(F)F.O=C(Nc1ccc(F)cc1)c1cc(-c2cccn3cncc23)ccc1C(F)(F)F.O=C(Nc1ccc(F)cc1)c1cc(-c2cccn3cncc23)ccc1C(F)(F)F. The van der Waals surface area contributed by atoms with E-state index in [9.17, 15) is 89.4 Å². The zero-order valence-electron chi connectivity index (χ0n) is 72.6. The fourth-order valence-corrected chi connectivity index (χ4v) is 14.9. The molecule has 4 amide bonds. The second kappa shape index (κ2) is 42.2. The van der Waals surface area contributed by atoms with E-state index in [-0.39, 0.29) is 22.7 Å². The number of rotatable bonds is 13. The molecule has 18 aromatic rings. The smallest absolute Gasteiger partial charge is 0.399 e. The molecule has 0 spiro atoms. The van der Waals surface area contributed by atoms with Crippen LogP contribution in [0.25, 0.3) is 67.0 Å². The largest absolute Gasteiger partial charge is 0.494 e. The Kier molecular flexibility index (Phi) is 30.3. The standard InChI is InChI=1S/C26H16F4N4O.2C21H13F4N3O.C20H20BF4NO3.C7H5BrN2.C5H4IN/c27-17-7-9-18(10-8-17)33-25(35)20-14-16(6-11-21(20)26(28,29)30)19-4-3-13-34-23(19)15-32-24(34)22-5-1-2-12-31-22;2*22-14-4-6-15(7-5-14)27-20(29)17-10-13(3-8-18(17)21(23,24)25)16-2-1-9-28-12-26-11-19(16)28;1-18(2)19(3,4)29-21(28-18)12-5-10-16(20(23,24)25)15(11-12)17(27)26-14-8-6-13(22)7-9-14;8-6-2-1-3-10-5-9-4-7(6)10;6-5-3-1-2-4-7-5/h1-15H,(H,33,35);2*1-12H,(H,27,29);5-11H,1-4H3,(H,26,27);1-5H;1-4H. The van der Waals surface area contributed by atoms with Crippen molar-refractivity contribution < 1.29 is 98.7 Å². The summed E-state index contributed by atoms with van der Waals surface area (Å²) in [6, 6.07) is 58.0. The first-order valence-corrected chi connectivity index (χ1v) is 43.2. The lowest BCUT2D eigenvalue weighted by molar-refractivity contribution is -0.138. The molecule has 1 aliphatic heterocycles. The highest BCUT2D eigenvalue weighted by Crippen LogP contribution is 2.43. The Balaban J connectivity index is 0.000000140. The van der Waals surface area contributed by atoms with Crippen LogP contribution in [0.4, 0.5) is 93.0 Å². The summed E-state index contributed by atoms with van der Waals surface area (Å²) >= 11 is 5.58. The summed E-state index contributed by atoms with van der Waals surface area (Å²) in [5.74, 6) is -5.32. The number of hydrogen-bond donors (Lipinski definition) is 4. The van der Waals surface area contributed by atoms with Gasteiger partial charge in [-0.3, -0.25) is 33.5 Å². The number of amides is 4. The second-order valence-electron chi connectivity index (χ2n) is 31.4. The first-order valence-electron chi connectivity index (χ1n) is 41.3. The highest BCUT2D eigenvalue weighted by atomic mass is 127. The van der Waals surface area contributed by atoms with Gasteiger partial charge in [-0.2, -0.15) is 52.7 Å². The zero-order valence-corrected chi connectivity index (χ0v) is 76.3. The number of pyridine rings is 6. The summed E-state index contributed by atoms with van der Waals surface area (Å²) in [7, 11) is -0.917. The summed E-state index contributed by atoms with van der Waals surface area (Å²) in [6.07, 6.45) is 3.32. The number of imidazole rings is 4. The average molecular weight is 2090 g/mol. The van der Waals surface area contributed by atoms with Crippen LogP contribution in [0, 0.1) is 27.0 Å². The van der Waals surface area contributed by atoms with Gasteiger partial charge in [0.25, 0.3) is 23.6 Å². The van der Waals surface area contributed by atoms with Crippen molar-refractivity contribution in [2.45, 2.75) is 63.6 Å². The van der Waals surface area contributed by atoms with Gasteiger partial charge in [0, 0.05) is 81.1 Å². The number of aromatic nitrogens is 10. The van der Waals surface area contributed by atoms with Gasteiger partial charge in [-0.05, 0) is 289 Å². The number of hydrogen-bond acceptors (Lipinski definition) is 12. The van der Waals surface area contributed by atoms with E-state index in [1.54, 1.807) is 130 Å². The number of carbonyl (C=O) groups excluding carboxylic acids is 4. The van der Waals surface area contributed by atoms with Gasteiger partial charge < -0.3 is 43.8 Å². The molecule has 0 radical (unpaired) electrons. The molecule has 0 aliphatic carbocycles. The normalized spacial score (nSPS) is 12.7. The number of fused-ring (bicyclic) bond motifs is 4. The predicted molar refractivity (Wildman–Crippen MR) is 505 cm³/mol. The molecule has 139 heavy (non-hydrogen) atoms. The van der Waals surface area contributed by atoms with Gasteiger partial charge in [-0.25, -0.2) is 37.5 Å². The van der Waals surface area contributed by atoms with Crippen molar-refractivity contribution in [1.82, 2.24) is 47.5 Å². The van der Waals surface area contributed by atoms with Crippen LogP contribution in [0.2, 0.25) is 0 Å². The number of benzene rings is 8. The first-order chi connectivity index (χ1) is 66.0. The van der Waals surface area contributed by atoms with Crippen LogP contribution in [0.5, 0.6) is 0 Å². The van der Waals surface area contributed by atoms with Crippen LogP contribution < -0.4 is 26.7 Å². The molecular formula is C100H71BBrF16IN14O6. The Morgan fingerprint density at radius 1 is 0.360 bits per heavy atom. The predicted octanol–water partition coefficient (Wildman–Crippen LogP) is 25.5. The molecular weight excluding hydrogens is 2010 g/mol. The lowest BCUT2D eigenvalue weighted by Gasteiger charge is -2.32. The lowest BCUT2D eigenvalue weighted by Crippen LogP contribution is -2.41. The summed E-state index contributed by atoms with van der Waals surface area (Å²) in [6.45, 7) is 7.27. The maximum atomic E-state index is 13.7. The minimum atomic E-state index is -4.75. The molecule has 8 aromatic carbocycles. The summed E-state index contributed by atoms with van der Waals surface area (Å²) in [5.41, 5.74) is 0.0919. The van der Waals surface area contributed by atoms with Crippen molar-refractivity contribution >= 4 is 120 Å². The third-order valence-electron chi connectivity index (χ3n) is 21.6. The molecule has 0 saturated carbocycles. The fraction of sp³-hybridized carbons (Fsp3) is 0.100. The van der Waals surface area contributed by atoms with Crippen LogP contribution in [0.1, 0.15) is 91.4 Å². The summed E-state index contributed by atoms with van der Waals surface area (Å²) in [5, 5.41) is 9.54. The van der Waals surface area contributed by atoms with E-state index in [4.69, 9.17) is 9.31 Å². The molecule has 10 aromatic heterocycles. The molecule has 706 valence electrons. The molecule has 0 unspecified atom stereocenters. The van der Waals surface area contributed by atoms with E-state index in [1.807, 2.05) is 80.9 Å². The Hall–Kier alpha value is -15.2. The topological polar surface area (TPSA) is 230 Å². The van der Waals surface area contributed by atoms with E-state index in [2.05, 4.69) is 89.7 Å². The molecule has 20 nitrogen and oxygen atoms in total. The average Bonchev–Trinajstić information content (AvgIpc) is 1.73. The third kappa shape index (κ3) is 24.4. The van der Waals surface area contributed by atoms with E-state index in [0.717, 1.165) is 92.6 Å².